The van der Waals surface area contributed by atoms with Gasteiger partial charge in [0.05, 0.1) is 14.2 Å². The Morgan fingerprint density at radius 1 is 1.08 bits per heavy atom. The molecule has 6 nitrogen and oxygen atoms in total. The second-order valence-corrected chi connectivity index (χ2v) is 5.67. The van der Waals surface area contributed by atoms with Crippen molar-refractivity contribution in [1.29, 1.82) is 0 Å². The van der Waals surface area contributed by atoms with Gasteiger partial charge < -0.3 is 20.1 Å². The summed E-state index contributed by atoms with van der Waals surface area (Å²) in [6.07, 6.45) is 2.62. The Kier molecular flexibility index (Phi) is 7.35. The molecule has 25 heavy (non-hydrogen) atoms. The number of guanidine groups is 1. The van der Waals surface area contributed by atoms with Crippen LogP contribution in [0, 0.1) is 0 Å². The van der Waals surface area contributed by atoms with Gasteiger partial charge in [0.25, 0.3) is 0 Å². The molecule has 0 aliphatic heterocycles. The number of nitrogens with one attached hydrogen (secondary N) is 2. The van der Waals surface area contributed by atoms with E-state index in [1.807, 2.05) is 24.3 Å². The van der Waals surface area contributed by atoms with Gasteiger partial charge in [-0.15, -0.1) is 0 Å². The summed E-state index contributed by atoms with van der Waals surface area (Å²) < 4.78 is 10.6. The van der Waals surface area contributed by atoms with Gasteiger partial charge in [-0.05, 0) is 35.7 Å². The lowest BCUT2D eigenvalue weighted by molar-refractivity contribution is 0.354. The summed E-state index contributed by atoms with van der Waals surface area (Å²) in [6, 6.07) is 9.58. The molecule has 1 aromatic heterocycles. The van der Waals surface area contributed by atoms with Crippen molar-refractivity contribution < 1.29 is 9.47 Å². The van der Waals surface area contributed by atoms with Crippen molar-refractivity contribution in [2.24, 2.45) is 4.99 Å². The molecule has 0 saturated heterocycles. The molecule has 0 bridgehead atoms. The van der Waals surface area contributed by atoms with Crippen LogP contribution in [0.2, 0.25) is 5.15 Å². The first kappa shape index (κ1) is 18.9. The third-order valence-electron chi connectivity index (χ3n) is 3.63. The van der Waals surface area contributed by atoms with Gasteiger partial charge in [-0.1, -0.05) is 23.7 Å². The van der Waals surface area contributed by atoms with E-state index in [4.69, 9.17) is 21.1 Å². The third kappa shape index (κ3) is 5.83. The summed E-state index contributed by atoms with van der Waals surface area (Å²) in [4.78, 5) is 8.30. The van der Waals surface area contributed by atoms with Crippen molar-refractivity contribution in [3.8, 4) is 11.5 Å². The van der Waals surface area contributed by atoms with Crippen molar-refractivity contribution in [3.05, 3.63) is 52.8 Å². The van der Waals surface area contributed by atoms with Crippen LogP contribution in [0.3, 0.4) is 0 Å². The van der Waals surface area contributed by atoms with Crippen LogP contribution in [0.25, 0.3) is 0 Å². The zero-order valence-corrected chi connectivity index (χ0v) is 15.4. The molecule has 0 atom stereocenters. The lowest BCUT2D eigenvalue weighted by atomic mass is 10.2. The number of hydrogen-bond acceptors (Lipinski definition) is 4. The van der Waals surface area contributed by atoms with Crippen molar-refractivity contribution >= 4 is 17.6 Å². The van der Waals surface area contributed by atoms with E-state index in [-0.39, 0.29) is 0 Å². The van der Waals surface area contributed by atoms with Crippen LogP contribution in [0.15, 0.2) is 41.5 Å². The van der Waals surface area contributed by atoms with Gasteiger partial charge in [0.2, 0.25) is 0 Å². The normalized spacial score (nSPS) is 11.1. The summed E-state index contributed by atoms with van der Waals surface area (Å²) in [6.45, 7) is 1.37. The number of halogens is 1. The van der Waals surface area contributed by atoms with E-state index < -0.39 is 0 Å². The Hall–Kier alpha value is -2.47. The second kappa shape index (κ2) is 9.74. The lowest BCUT2D eigenvalue weighted by Crippen LogP contribution is -2.37. The number of hydrogen-bond donors (Lipinski definition) is 2. The van der Waals surface area contributed by atoms with Gasteiger partial charge in [0.1, 0.15) is 5.15 Å². The lowest BCUT2D eigenvalue weighted by Gasteiger charge is -2.13. The number of aromatic nitrogens is 1. The zero-order chi connectivity index (χ0) is 18.1. The van der Waals surface area contributed by atoms with Crippen LogP contribution in [0.5, 0.6) is 11.5 Å². The summed E-state index contributed by atoms with van der Waals surface area (Å²) in [5.41, 5.74) is 2.19. The van der Waals surface area contributed by atoms with Gasteiger partial charge in [0, 0.05) is 26.3 Å². The number of benzene rings is 1. The molecule has 0 spiro atoms. The second-order valence-electron chi connectivity index (χ2n) is 5.28. The Morgan fingerprint density at radius 3 is 2.48 bits per heavy atom. The summed E-state index contributed by atoms with van der Waals surface area (Å²) in [7, 11) is 4.99. The highest BCUT2D eigenvalue weighted by atomic mass is 35.5. The highest BCUT2D eigenvalue weighted by Gasteiger charge is 2.05. The number of ether oxygens (including phenoxy) is 2. The number of aliphatic imine (C=N–C) groups is 1. The predicted molar refractivity (Wildman–Crippen MR) is 101 cm³/mol. The van der Waals surface area contributed by atoms with E-state index in [0.717, 1.165) is 30.1 Å². The Labute approximate surface area is 153 Å². The summed E-state index contributed by atoms with van der Waals surface area (Å²) in [5.74, 6) is 2.15. The van der Waals surface area contributed by atoms with Gasteiger partial charge in [-0.2, -0.15) is 0 Å². The molecule has 0 radical (unpaired) electrons. The maximum Gasteiger partial charge on any atom is 0.191 e. The van der Waals surface area contributed by atoms with Crippen LogP contribution in [-0.4, -0.2) is 38.8 Å². The minimum atomic E-state index is 0.504. The van der Waals surface area contributed by atoms with Crippen LogP contribution >= 0.6 is 11.6 Å². The van der Waals surface area contributed by atoms with E-state index in [1.54, 1.807) is 33.5 Å². The minimum Gasteiger partial charge on any atom is -0.493 e. The molecule has 1 heterocycles. The molecular weight excluding hydrogens is 340 g/mol. The summed E-state index contributed by atoms with van der Waals surface area (Å²) >= 11 is 5.79. The molecule has 2 rings (SSSR count). The Bertz CT molecular complexity index is 705. The molecule has 2 aromatic rings. The number of pyridine rings is 1. The van der Waals surface area contributed by atoms with Crippen LogP contribution in [-0.2, 0) is 13.0 Å². The van der Waals surface area contributed by atoms with E-state index in [0.29, 0.717) is 23.2 Å². The van der Waals surface area contributed by atoms with Gasteiger partial charge in [-0.25, -0.2) is 4.98 Å². The average molecular weight is 363 g/mol. The standard InChI is InChI=1S/C18H23ClN4O2/c1-20-18(21-9-8-13-5-7-17(19)22-11-13)23-12-14-4-6-15(24-2)16(10-14)25-3/h4-7,10-11H,8-9,12H2,1-3H3,(H2,20,21,23). The molecule has 0 aliphatic carbocycles. The monoisotopic (exact) mass is 362 g/mol. The van der Waals surface area contributed by atoms with Gasteiger partial charge >= 0.3 is 0 Å². The van der Waals surface area contributed by atoms with Gasteiger partial charge in [0.15, 0.2) is 17.5 Å². The topological polar surface area (TPSA) is 67.8 Å². The van der Waals surface area contributed by atoms with Crippen LogP contribution < -0.4 is 20.1 Å². The largest absolute Gasteiger partial charge is 0.493 e. The fourth-order valence-electron chi connectivity index (χ4n) is 2.28. The molecule has 1 aromatic carbocycles. The van der Waals surface area contributed by atoms with Crippen LogP contribution in [0.1, 0.15) is 11.1 Å². The fraction of sp³-hybridized carbons (Fsp3) is 0.333. The van der Waals surface area contributed by atoms with Crippen molar-refractivity contribution in [3.63, 3.8) is 0 Å². The summed E-state index contributed by atoms with van der Waals surface area (Å²) in [5, 5.41) is 7.06. The quantitative estimate of drug-likeness (QED) is 0.450. The zero-order valence-electron chi connectivity index (χ0n) is 14.7. The molecule has 7 heteroatoms. The molecule has 0 fully saturated rings. The van der Waals surface area contributed by atoms with E-state index in [9.17, 15) is 0 Å². The molecule has 0 aliphatic rings. The van der Waals surface area contributed by atoms with Crippen molar-refractivity contribution in [2.45, 2.75) is 13.0 Å². The first-order valence-electron chi connectivity index (χ1n) is 7.92. The smallest absolute Gasteiger partial charge is 0.191 e. The first-order valence-corrected chi connectivity index (χ1v) is 8.30. The Balaban J connectivity index is 1.83. The first-order chi connectivity index (χ1) is 12.2. The fourth-order valence-corrected chi connectivity index (χ4v) is 2.39. The molecular formula is C18H23ClN4O2. The number of methoxy groups -OCH3 is 2. The van der Waals surface area contributed by atoms with Gasteiger partial charge in [-0.3, -0.25) is 4.99 Å². The van der Waals surface area contributed by atoms with Crippen molar-refractivity contribution in [2.75, 3.05) is 27.8 Å². The SMILES string of the molecule is CN=C(NCCc1ccc(Cl)nc1)NCc1ccc(OC)c(OC)c1. The number of nitrogens with zero attached hydrogens (tertiary/aromatic N) is 2. The average Bonchev–Trinajstić information content (AvgIpc) is 2.65. The third-order valence-corrected chi connectivity index (χ3v) is 3.85. The predicted octanol–water partition coefficient (Wildman–Crippen LogP) is 2.66. The maximum absolute atomic E-state index is 5.79. The molecule has 134 valence electrons. The van der Waals surface area contributed by atoms with E-state index >= 15 is 0 Å². The van der Waals surface area contributed by atoms with Crippen molar-refractivity contribution in [1.82, 2.24) is 15.6 Å². The highest BCUT2D eigenvalue weighted by Crippen LogP contribution is 2.27. The number of rotatable bonds is 7. The molecule has 0 saturated carbocycles. The van der Waals surface area contributed by atoms with Crippen LogP contribution in [0.4, 0.5) is 0 Å². The molecule has 0 unspecified atom stereocenters. The Morgan fingerprint density at radius 2 is 1.84 bits per heavy atom. The molecule has 0 amide bonds. The van der Waals surface area contributed by atoms with E-state index in [1.165, 1.54) is 0 Å². The molecule has 2 N–H and O–H groups in total. The highest BCUT2D eigenvalue weighted by molar-refractivity contribution is 6.29. The van der Waals surface area contributed by atoms with E-state index in [2.05, 4.69) is 20.6 Å². The maximum atomic E-state index is 5.79. The minimum absolute atomic E-state index is 0.504.